The molecule has 0 saturated carbocycles. The molecule has 0 aliphatic carbocycles. The van der Waals surface area contributed by atoms with Gasteiger partial charge in [-0.2, -0.15) is 0 Å². The fourth-order valence-electron chi connectivity index (χ4n) is 3.59. The van der Waals surface area contributed by atoms with Gasteiger partial charge in [0.1, 0.15) is 0 Å². The molecule has 0 fully saturated rings. The van der Waals surface area contributed by atoms with E-state index in [4.69, 9.17) is 9.47 Å². The van der Waals surface area contributed by atoms with Crippen LogP contribution in [0, 0.1) is 0 Å². The van der Waals surface area contributed by atoms with E-state index in [0.29, 0.717) is 23.5 Å². The lowest BCUT2D eigenvalue weighted by Crippen LogP contribution is -2.33. The van der Waals surface area contributed by atoms with E-state index in [9.17, 15) is 14.7 Å². The van der Waals surface area contributed by atoms with Gasteiger partial charge in [0, 0.05) is 23.6 Å². The Morgan fingerprint density at radius 2 is 1.76 bits per heavy atom. The van der Waals surface area contributed by atoms with E-state index in [1.807, 2.05) is 30.5 Å². The molecule has 0 spiro atoms. The van der Waals surface area contributed by atoms with Crippen LogP contribution in [0.4, 0.5) is 0 Å². The largest absolute Gasteiger partial charge is 0.502 e. The fraction of sp³-hybridized carbons (Fsp3) is 0.182. The molecule has 1 aromatic heterocycles. The second kappa shape index (κ2) is 7.35. The van der Waals surface area contributed by atoms with Crippen molar-refractivity contribution in [3.8, 4) is 11.5 Å². The van der Waals surface area contributed by atoms with E-state index in [1.54, 1.807) is 18.2 Å². The lowest BCUT2D eigenvalue weighted by Gasteiger charge is -2.14. The van der Waals surface area contributed by atoms with Crippen LogP contribution in [-0.2, 0) is 16.0 Å². The third-order valence-corrected chi connectivity index (χ3v) is 5.10. The van der Waals surface area contributed by atoms with Crippen LogP contribution in [0.2, 0.25) is 0 Å². The van der Waals surface area contributed by atoms with Gasteiger partial charge in [-0.05, 0) is 35.7 Å². The summed E-state index contributed by atoms with van der Waals surface area (Å²) in [6.07, 6.45) is 2.35. The molecule has 7 nitrogen and oxygen atoms in total. The maximum atomic E-state index is 12.9. The fourth-order valence-corrected chi connectivity index (χ4v) is 3.59. The topological polar surface area (TPSA) is 91.9 Å². The van der Waals surface area contributed by atoms with E-state index in [-0.39, 0.29) is 12.1 Å². The Kier molecular flexibility index (Phi) is 4.72. The number of carbonyl (C=O) groups excluding carboxylic acids is 2. The number of H-pyrrole nitrogens is 1. The van der Waals surface area contributed by atoms with E-state index in [0.717, 1.165) is 21.4 Å². The molecule has 1 aliphatic rings. The number of fused-ring (bicyclic) bond motifs is 1. The average Bonchev–Trinajstić information content (AvgIpc) is 3.25. The Balaban J connectivity index is 1.58. The second-order valence-electron chi connectivity index (χ2n) is 6.66. The van der Waals surface area contributed by atoms with Crippen molar-refractivity contribution in [2.45, 2.75) is 6.42 Å². The molecule has 2 N–H and O–H groups in total. The molecular formula is C22H20N2O5. The summed E-state index contributed by atoms with van der Waals surface area (Å²) in [5.74, 6) is -0.882. The minimum absolute atomic E-state index is 0.0325. The van der Waals surface area contributed by atoms with Crippen LogP contribution in [0.1, 0.15) is 11.1 Å². The number of nitrogens with one attached hydrogen (secondary N) is 1. The lowest BCUT2D eigenvalue weighted by molar-refractivity contribution is -0.138. The summed E-state index contributed by atoms with van der Waals surface area (Å²) in [7, 11) is 2.98. The first-order chi connectivity index (χ1) is 14.0. The van der Waals surface area contributed by atoms with Gasteiger partial charge in [-0.25, -0.2) is 0 Å². The van der Waals surface area contributed by atoms with Gasteiger partial charge in [0.2, 0.25) is 0 Å². The predicted molar refractivity (Wildman–Crippen MR) is 108 cm³/mol. The summed E-state index contributed by atoms with van der Waals surface area (Å²) >= 11 is 0. The van der Waals surface area contributed by atoms with Crippen molar-refractivity contribution >= 4 is 28.3 Å². The van der Waals surface area contributed by atoms with Gasteiger partial charge in [0.15, 0.2) is 17.3 Å². The van der Waals surface area contributed by atoms with E-state index < -0.39 is 17.6 Å². The van der Waals surface area contributed by atoms with Crippen molar-refractivity contribution in [1.82, 2.24) is 9.88 Å². The predicted octanol–water partition coefficient (Wildman–Crippen LogP) is 3.07. The Hall–Kier alpha value is -3.74. The average molecular weight is 392 g/mol. The number of amides is 2. The molecule has 4 rings (SSSR count). The summed E-state index contributed by atoms with van der Waals surface area (Å²) in [5.41, 5.74) is 2.36. The van der Waals surface area contributed by atoms with Crippen molar-refractivity contribution in [1.29, 1.82) is 0 Å². The smallest absolute Gasteiger partial charge is 0.296 e. The molecule has 0 saturated heterocycles. The van der Waals surface area contributed by atoms with Gasteiger partial charge in [0.05, 0.1) is 19.8 Å². The standard InChI is InChI=1S/C22H20N2O5/c1-28-17-8-7-13(11-18(17)29-2)19-20(25)22(27)24(21(19)26)10-9-14-12-23-16-6-4-3-5-15(14)16/h3-8,11-12,23,25H,9-10H2,1-2H3. The first-order valence-corrected chi connectivity index (χ1v) is 9.12. The van der Waals surface area contributed by atoms with Gasteiger partial charge in [-0.15, -0.1) is 0 Å². The zero-order valence-corrected chi connectivity index (χ0v) is 16.1. The summed E-state index contributed by atoms with van der Waals surface area (Å²) in [6.45, 7) is 0.167. The molecule has 2 amide bonds. The van der Waals surface area contributed by atoms with E-state index in [2.05, 4.69) is 4.98 Å². The first kappa shape index (κ1) is 18.6. The molecule has 3 aromatic rings. The second-order valence-corrected chi connectivity index (χ2v) is 6.66. The summed E-state index contributed by atoms with van der Waals surface area (Å²) in [6, 6.07) is 12.6. The number of aromatic nitrogens is 1. The number of rotatable bonds is 6. The van der Waals surface area contributed by atoms with Crippen LogP contribution in [-0.4, -0.2) is 47.6 Å². The molecule has 1 aliphatic heterocycles. The number of hydrogen-bond donors (Lipinski definition) is 2. The molecule has 29 heavy (non-hydrogen) atoms. The number of aliphatic hydroxyl groups is 1. The molecule has 7 heteroatoms. The Morgan fingerprint density at radius 3 is 2.52 bits per heavy atom. The first-order valence-electron chi connectivity index (χ1n) is 9.12. The highest BCUT2D eigenvalue weighted by atomic mass is 16.5. The molecule has 0 unspecified atom stereocenters. The minimum Gasteiger partial charge on any atom is -0.502 e. The zero-order valence-electron chi connectivity index (χ0n) is 16.1. The van der Waals surface area contributed by atoms with Crippen molar-refractivity contribution in [3.63, 3.8) is 0 Å². The van der Waals surface area contributed by atoms with Gasteiger partial charge in [-0.1, -0.05) is 24.3 Å². The van der Waals surface area contributed by atoms with Crippen LogP contribution >= 0.6 is 0 Å². The Bertz CT molecular complexity index is 1150. The van der Waals surface area contributed by atoms with E-state index in [1.165, 1.54) is 14.2 Å². The number of nitrogens with zero attached hydrogens (tertiary/aromatic N) is 1. The quantitative estimate of drug-likeness (QED) is 0.629. The number of aromatic amines is 1. The minimum atomic E-state index is -0.695. The van der Waals surface area contributed by atoms with Gasteiger partial charge < -0.3 is 19.6 Å². The molecule has 148 valence electrons. The van der Waals surface area contributed by atoms with Crippen molar-refractivity contribution < 1.29 is 24.2 Å². The number of benzene rings is 2. The van der Waals surface area contributed by atoms with Crippen molar-refractivity contribution in [3.05, 3.63) is 65.5 Å². The normalized spacial score (nSPS) is 14.2. The molecule has 2 heterocycles. The summed E-state index contributed by atoms with van der Waals surface area (Å²) < 4.78 is 10.5. The summed E-state index contributed by atoms with van der Waals surface area (Å²) in [4.78, 5) is 29.7. The number of carbonyl (C=O) groups is 2. The van der Waals surface area contributed by atoms with Crippen LogP contribution in [0.25, 0.3) is 16.5 Å². The Labute approximate surface area is 167 Å². The maximum Gasteiger partial charge on any atom is 0.296 e. The Morgan fingerprint density at radius 1 is 1.00 bits per heavy atom. The SMILES string of the molecule is COc1ccc(C2=C(O)C(=O)N(CCc3c[nH]c4ccccc34)C2=O)cc1OC. The lowest BCUT2D eigenvalue weighted by atomic mass is 10.0. The molecule has 0 bridgehead atoms. The van der Waals surface area contributed by atoms with Crippen LogP contribution < -0.4 is 9.47 Å². The molecular weight excluding hydrogens is 372 g/mol. The van der Waals surface area contributed by atoms with Gasteiger partial charge in [0.25, 0.3) is 11.8 Å². The molecule has 0 radical (unpaired) electrons. The third kappa shape index (κ3) is 3.10. The highest BCUT2D eigenvalue weighted by Gasteiger charge is 2.39. The maximum absolute atomic E-state index is 12.9. The van der Waals surface area contributed by atoms with Crippen molar-refractivity contribution in [2.75, 3.05) is 20.8 Å². The summed E-state index contributed by atoms with van der Waals surface area (Å²) in [5, 5.41) is 11.4. The zero-order chi connectivity index (χ0) is 20.5. The number of ether oxygens (including phenoxy) is 2. The van der Waals surface area contributed by atoms with Crippen LogP contribution in [0.5, 0.6) is 11.5 Å². The molecule has 2 aromatic carbocycles. The highest BCUT2D eigenvalue weighted by molar-refractivity contribution is 6.34. The van der Waals surface area contributed by atoms with Gasteiger partial charge in [-0.3, -0.25) is 14.5 Å². The molecule has 0 atom stereocenters. The number of para-hydroxylation sites is 1. The van der Waals surface area contributed by atoms with Crippen LogP contribution in [0.3, 0.4) is 0 Å². The number of aliphatic hydroxyl groups excluding tert-OH is 1. The number of hydrogen-bond acceptors (Lipinski definition) is 5. The number of imide groups is 1. The van der Waals surface area contributed by atoms with Crippen molar-refractivity contribution in [2.24, 2.45) is 0 Å². The monoisotopic (exact) mass is 392 g/mol. The number of methoxy groups -OCH3 is 2. The van der Waals surface area contributed by atoms with Gasteiger partial charge >= 0.3 is 0 Å². The third-order valence-electron chi connectivity index (χ3n) is 5.10. The van der Waals surface area contributed by atoms with E-state index >= 15 is 0 Å². The van der Waals surface area contributed by atoms with Crippen LogP contribution in [0.15, 0.2) is 54.4 Å². The highest BCUT2D eigenvalue weighted by Crippen LogP contribution is 2.34.